The first-order valence-electron chi connectivity index (χ1n) is 7.16. The molecular weight excluding hydrogens is 288 g/mol. The maximum atomic E-state index is 12.0. The van der Waals surface area contributed by atoms with Crippen LogP contribution in [-0.4, -0.2) is 33.9 Å². The van der Waals surface area contributed by atoms with Crippen molar-refractivity contribution in [2.45, 2.75) is 19.4 Å². The first-order chi connectivity index (χ1) is 9.76. The highest BCUT2D eigenvalue weighted by atomic mass is 35.5. The summed E-state index contributed by atoms with van der Waals surface area (Å²) in [6.45, 7) is 3.61. The molecule has 1 saturated heterocycles. The molecule has 5 nitrogen and oxygen atoms in total. The minimum atomic E-state index is -0.0116. The number of nitrogens with two attached hydrogens (primary N) is 1. The van der Waals surface area contributed by atoms with Crippen LogP contribution in [0.3, 0.4) is 0 Å². The predicted octanol–water partition coefficient (Wildman–Crippen LogP) is 1.29. The van der Waals surface area contributed by atoms with Crippen LogP contribution in [0.2, 0.25) is 0 Å². The molecule has 114 valence electrons. The molecule has 6 heteroatoms. The average molecular weight is 309 g/mol. The van der Waals surface area contributed by atoms with E-state index in [1.807, 2.05) is 18.2 Å². The summed E-state index contributed by atoms with van der Waals surface area (Å²) in [6, 6.07) is 7.25. The van der Waals surface area contributed by atoms with Gasteiger partial charge in [-0.25, -0.2) is 4.98 Å². The third-order valence-electron chi connectivity index (χ3n) is 4.05. The lowest BCUT2D eigenvalue weighted by atomic mass is 9.97. The van der Waals surface area contributed by atoms with Gasteiger partial charge in [0.25, 0.3) is 5.56 Å². The number of hydrogen-bond acceptors (Lipinski definition) is 4. The van der Waals surface area contributed by atoms with Crippen LogP contribution in [0.4, 0.5) is 0 Å². The fourth-order valence-electron chi connectivity index (χ4n) is 2.79. The van der Waals surface area contributed by atoms with Gasteiger partial charge >= 0.3 is 0 Å². The van der Waals surface area contributed by atoms with E-state index in [0.717, 1.165) is 44.7 Å². The molecule has 0 radical (unpaired) electrons. The molecule has 2 aromatic heterocycles. The second kappa shape index (κ2) is 7.02. The molecule has 1 aliphatic heterocycles. The number of pyridine rings is 1. The molecule has 0 aromatic carbocycles. The van der Waals surface area contributed by atoms with Gasteiger partial charge in [0, 0.05) is 18.8 Å². The first kappa shape index (κ1) is 15.9. The molecule has 1 fully saturated rings. The van der Waals surface area contributed by atoms with E-state index in [0.29, 0.717) is 11.6 Å². The Labute approximate surface area is 130 Å². The normalized spacial score (nSPS) is 16.8. The van der Waals surface area contributed by atoms with E-state index >= 15 is 0 Å². The van der Waals surface area contributed by atoms with Crippen LogP contribution in [0.5, 0.6) is 0 Å². The molecule has 0 bridgehead atoms. The number of aromatic nitrogens is 2. The topological polar surface area (TPSA) is 63.6 Å². The zero-order chi connectivity index (χ0) is 13.9. The van der Waals surface area contributed by atoms with Crippen LogP contribution >= 0.6 is 12.4 Å². The van der Waals surface area contributed by atoms with Crippen molar-refractivity contribution in [1.29, 1.82) is 0 Å². The second-order valence-corrected chi connectivity index (χ2v) is 5.47. The fourth-order valence-corrected chi connectivity index (χ4v) is 2.79. The minimum absolute atomic E-state index is 0. The molecule has 0 saturated carbocycles. The summed E-state index contributed by atoms with van der Waals surface area (Å²) in [4.78, 5) is 18.9. The van der Waals surface area contributed by atoms with Crippen molar-refractivity contribution in [1.82, 2.24) is 14.3 Å². The number of hydrogen-bond donors (Lipinski definition) is 1. The van der Waals surface area contributed by atoms with E-state index in [1.165, 1.54) is 0 Å². The molecule has 0 unspecified atom stereocenters. The van der Waals surface area contributed by atoms with Gasteiger partial charge in [-0.2, -0.15) is 0 Å². The maximum absolute atomic E-state index is 12.0. The Kier molecular flexibility index (Phi) is 5.33. The fraction of sp³-hybridized carbons (Fsp3) is 0.467. The average Bonchev–Trinajstić information content (AvgIpc) is 2.48. The van der Waals surface area contributed by atoms with Crippen molar-refractivity contribution < 1.29 is 0 Å². The van der Waals surface area contributed by atoms with Crippen LogP contribution in [0.15, 0.2) is 35.3 Å². The summed E-state index contributed by atoms with van der Waals surface area (Å²) in [5.74, 6) is 0.654. The Bertz CT molecular complexity index is 649. The largest absolute Gasteiger partial charge is 0.330 e. The summed E-state index contributed by atoms with van der Waals surface area (Å²) >= 11 is 0. The third-order valence-corrected chi connectivity index (χ3v) is 4.05. The van der Waals surface area contributed by atoms with Crippen molar-refractivity contribution in [3.05, 3.63) is 46.5 Å². The molecule has 0 amide bonds. The predicted molar refractivity (Wildman–Crippen MR) is 85.8 cm³/mol. The van der Waals surface area contributed by atoms with Gasteiger partial charge < -0.3 is 5.73 Å². The zero-order valence-electron chi connectivity index (χ0n) is 11.9. The van der Waals surface area contributed by atoms with Gasteiger partial charge in [0.15, 0.2) is 0 Å². The zero-order valence-corrected chi connectivity index (χ0v) is 12.8. The quantitative estimate of drug-likeness (QED) is 0.928. The first-order valence-corrected chi connectivity index (χ1v) is 7.16. The number of nitrogens with zero attached hydrogens (tertiary/aromatic N) is 3. The SMILES string of the molecule is Cl.NCC1CCN(Cc2cc(=O)n3ccccc3n2)CC1. The lowest BCUT2D eigenvalue weighted by Gasteiger charge is -2.30. The van der Waals surface area contributed by atoms with Gasteiger partial charge in [-0.15, -0.1) is 12.4 Å². The van der Waals surface area contributed by atoms with Crippen molar-refractivity contribution in [3.8, 4) is 0 Å². The highest BCUT2D eigenvalue weighted by Gasteiger charge is 2.18. The standard InChI is InChI=1S/C15H20N4O.ClH/c16-10-12-4-7-18(8-5-12)11-13-9-15(20)19-6-2-1-3-14(19)17-13;/h1-3,6,9,12H,4-5,7-8,10-11,16H2;1H. The number of fused-ring (bicyclic) bond motifs is 1. The van der Waals surface area contributed by atoms with Crippen LogP contribution in [0.1, 0.15) is 18.5 Å². The van der Waals surface area contributed by atoms with Crippen LogP contribution < -0.4 is 11.3 Å². The lowest BCUT2D eigenvalue weighted by molar-refractivity contribution is 0.179. The Morgan fingerprint density at radius 2 is 2.05 bits per heavy atom. The summed E-state index contributed by atoms with van der Waals surface area (Å²) in [5, 5.41) is 0. The number of rotatable bonds is 3. The van der Waals surface area contributed by atoms with Crippen molar-refractivity contribution in [2.75, 3.05) is 19.6 Å². The third kappa shape index (κ3) is 3.61. The highest BCUT2D eigenvalue weighted by Crippen LogP contribution is 2.17. The van der Waals surface area contributed by atoms with Crippen molar-refractivity contribution in [2.24, 2.45) is 11.7 Å². The van der Waals surface area contributed by atoms with E-state index < -0.39 is 0 Å². The van der Waals surface area contributed by atoms with E-state index in [2.05, 4.69) is 9.88 Å². The molecule has 2 N–H and O–H groups in total. The molecule has 0 aliphatic carbocycles. The van der Waals surface area contributed by atoms with Crippen molar-refractivity contribution >= 4 is 18.1 Å². The van der Waals surface area contributed by atoms with Crippen LogP contribution in [0.25, 0.3) is 5.65 Å². The number of piperidine rings is 1. The van der Waals surface area contributed by atoms with Gasteiger partial charge in [0.1, 0.15) is 5.65 Å². The molecular formula is C15H21ClN4O. The van der Waals surface area contributed by atoms with E-state index in [-0.39, 0.29) is 18.0 Å². The van der Waals surface area contributed by atoms with Gasteiger partial charge in [-0.05, 0) is 50.5 Å². The minimum Gasteiger partial charge on any atom is -0.330 e. The molecule has 3 heterocycles. The lowest BCUT2D eigenvalue weighted by Crippen LogP contribution is -2.36. The van der Waals surface area contributed by atoms with Gasteiger partial charge in [0.2, 0.25) is 0 Å². The van der Waals surface area contributed by atoms with Gasteiger partial charge in [-0.3, -0.25) is 14.1 Å². The molecule has 1 aliphatic rings. The summed E-state index contributed by atoms with van der Waals surface area (Å²) in [5.41, 5.74) is 7.27. The van der Waals surface area contributed by atoms with Crippen LogP contribution in [-0.2, 0) is 6.54 Å². The molecule has 0 spiro atoms. The maximum Gasteiger partial charge on any atom is 0.258 e. The molecule has 2 aromatic rings. The smallest absolute Gasteiger partial charge is 0.258 e. The number of halogens is 1. The summed E-state index contributed by atoms with van der Waals surface area (Å²) in [7, 11) is 0. The van der Waals surface area contributed by atoms with E-state index in [1.54, 1.807) is 16.7 Å². The van der Waals surface area contributed by atoms with Crippen LogP contribution in [0, 0.1) is 5.92 Å². The Morgan fingerprint density at radius 1 is 1.29 bits per heavy atom. The summed E-state index contributed by atoms with van der Waals surface area (Å²) < 4.78 is 1.57. The van der Waals surface area contributed by atoms with Gasteiger partial charge in [-0.1, -0.05) is 6.07 Å². The Balaban J connectivity index is 0.00000161. The second-order valence-electron chi connectivity index (χ2n) is 5.47. The molecule has 21 heavy (non-hydrogen) atoms. The number of likely N-dealkylation sites (tertiary alicyclic amines) is 1. The monoisotopic (exact) mass is 308 g/mol. The van der Waals surface area contributed by atoms with E-state index in [4.69, 9.17) is 5.73 Å². The summed E-state index contributed by atoms with van der Waals surface area (Å²) in [6.07, 6.45) is 4.04. The molecule has 0 atom stereocenters. The van der Waals surface area contributed by atoms with E-state index in [9.17, 15) is 4.79 Å². The van der Waals surface area contributed by atoms with Gasteiger partial charge in [0.05, 0.1) is 5.69 Å². The van der Waals surface area contributed by atoms with Crippen molar-refractivity contribution in [3.63, 3.8) is 0 Å². The Hall–Kier alpha value is -1.43. The molecule has 3 rings (SSSR count). The Morgan fingerprint density at radius 3 is 2.76 bits per heavy atom. The highest BCUT2D eigenvalue weighted by molar-refractivity contribution is 5.85.